The first-order valence-corrected chi connectivity index (χ1v) is 7.16. The summed E-state index contributed by atoms with van der Waals surface area (Å²) in [5, 5.41) is 3.11. The van der Waals surface area contributed by atoms with Crippen molar-refractivity contribution in [1.29, 1.82) is 0 Å². The maximum atomic E-state index is 14.2. The third-order valence-corrected chi connectivity index (χ3v) is 4.01. The summed E-state index contributed by atoms with van der Waals surface area (Å²) in [6.45, 7) is 0.759. The van der Waals surface area contributed by atoms with Gasteiger partial charge in [-0.2, -0.15) is 0 Å². The Labute approximate surface area is 119 Å². The molecule has 2 nitrogen and oxygen atoms in total. The molecular formula is C17H19FN2. The Morgan fingerprint density at radius 2 is 2.25 bits per heavy atom. The molecular weight excluding hydrogens is 251 g/mol. The molecule has 0 radical (unpaired) electrons. The molecule has 0 bridgehead atoms. The summed E-state index contributed by atoms with van der Waals surface area (Å²) in [4.78, 5) is 4.51. The van der Waals surface area contributed by atoms with Crippen molar-refractivity contribution in [2.75, 3.05) is 7.05 Å². The van der Waals surface area contributed by atoms with Gasteiger partial charge in [-0.15, -0.1) is 0 Å². The second-order valence-electron chi connectivity index (χ2n) is 5.38. The number of fused-ring (bicyclic) bond motifs is 1. The van der Waals surface area contributed by atoms with Gasteiger partial charge in [0.2, 0.25) is 0 Å². The maximum absolute atomic E-state index is 14.2. The lowest BCUT2D eigenvalue weighted by molar-refractivity contribution is 0.548. The van der Waals surface area contributed by atoms with Crippen LogP contribution >= 0.6 is 0 Å². The lowest BCUT2D eigenvalue weighted by Crippen LogP contribution is -2.15. The summed E-state index contributed by atoms with van der Waals surface area (Å²) in [7, 11) is 1.90. The Hall–Kier alpha value is -1.74. The van der Waals surface area contributed by atoms with Gasteiger partial charge in [0.25, 0.3) is 0 Å². The molecule has 0 amide bonds. The molecule has 1 N–H and O–H groups in total. The van der Waals surface area contributed by atoms with E-state index in [-0.39, 0.29) is 11.7 Å². The highest BCUT2D eigenvalue weighted by atomic mass is 19.1. The van der Waals surface area contributed by atoms with E-state index in [0.29, 0.717) is 0 Å². The van der Waals surface area contributed by atoms with Crippen molar-refractivity contribution in [2.45, 2.75) is 31.7 Å². The first-order chi connectivity index (χ1) is 9.79. The summed E-state index contributed by atoms with van der Waals surface area (Å²) in [6, 6.07) is 9.50. The van der Waals surface area contributed by atoms with Gasteiger partial charge in [-0.25, -0.2) is 4.39 Å². The molecule has 0 fully saturated rings. The predicted molar refractivity (Wildman–Crippen MR) is 78.2 cm³/mol. The van der Waals surface area contributed by atoms with Crippen LogP contribution in [0, 0.1) is 5.82 Å². The molecule has 1 atom stereocenters. The summed E-state index contributed by atoms with van der Waals surface area (Å²) < 4.78 is 14.2. The van der Waals surface area contributed by atoms with Gasteiger partial charge in [0.05, 0.1) is 5.69 Å². The molecule has 3 heteroatoms. The zero-order valence-electron chi connectivity index (χ0n) is 11.7. The Morgan fingerprint density at radius 1 is 1.35 bits per heavy atom. The number of hydrogen-bond acceptors (Lipinski definition) is 2. The van der Waals surface area contributed by atoms with Gasteiger partial charge in [0.15, 0.2) is 0 Å². The lowest BCUT2D eigenvalue weighted by Gasteiger charge is -2.25. The van der Waals surface area contributed by atoms with Crippen molar-refractivity contribution in [3.8, 4) is 0 Å². The Balaban J connectivity index is 2.03. The average molecular weight is 270 g/mol. The molecule has 0 saturated heterocycles. The van der Waals surface area contributed by atoms with Crippen LogP contribution in [0.25, 0.3) is 0 Å². The SMILES string of the molecule is CNCc1ccc(F)c(C2CCCc3cccnc32)c1. The van der Waals surface area contributed by atoms with Gasteiger partial charge < -0.3 is 5.32 Å². The maximum Gasteiger partial charge on any atom is 0.127 e. The van der Waals surface area contributed by atoms with E-state index in [4.69, 9.17) is 0 Å². The number of aromatic nitrogens is 1. The molecule has 0 saturated carbocycles. The van der Waals surface area contributed by atoms with Crippen molar-refractivity contribution in [1.82, 2.24) is 10.3 Å². The Bertz CT molecular complexity index is 610. The normalized spacial score (nSPS) is 17.8. The van der Waals surface area contributed by atoms with Crippen molar-refractivity contribution >= 4 is 0 Å². The van der Waals surface area contributed by atoms with Crippen LogP contribution in [-0.2, 0) is 13.0 Å². The number of nitrogens with zero attached hydrogens (tertiary/aromatic N) is 1. The van der Waals surface area contributed by atoms with Crippen LogP contribution in [0.5, 0.6) is 0 Å². The minimum atomic E-state index is -0.117. The van der Waals surface area contributed by atoms with Crippen molar-refractivity contribution < 1.29 is 4.39 Å². The fourth-order valence-electron chi connectivity index (χ4n) is 3.09. The van der Waals surface area contributed by atoms with Gasteiger partial charge in [0, 0.05) is 18.7 Å². The topological polar surface area (TPSA) is 24.9 Å². The molecule has 1 aliphatic rings. The van der Waals surface area contributed by atoms with Crippen molar-refractivity contribution in [2.24, 2.45) is 0 Å². The van der Waals surface area contributed by atoms with E-state index in [1.54, 1.807) is 6.07 Å². The molecule has 104 valence electrons. The van der Waals surface area contributed by atoms with Crippen LogP contribution < -0.4 is 5.32 Å². The van der Waals surface area contributed by atoms with Crippen LogP contribution in [0.2, 0.25) is 0 Å². The number of benzene rings is 1. The largest absolute Gasteiger partial charge is 0.316 e. The summed E-state index contributed by atoms with van der Waals surface area (Å²) in [5.74, 6) is -0.0230. The van der Waals surface area contributed by atoms with E-state index in [1.807, 2.05) is 31.4 Å². The number of pyridine rings is 1. The molecule has 2 aromatic rings. The molecule has 1 aliphatic carbocycles. The van der Waals surface area contributed by atoms with Gasteiger partial charge in [0.1, 0.15) is 5.82 Å². The van der Waals surface area contributed by atoms with Crippen LogP contribution in [0.3, 0.4) is 0 Å². The van der Waals surface area contributed by atoms with Crippen molar-refractivity contribution in [3.05, 3.63) is 64.7 Å². The molecule has 1 unspecified atom stereocenters. The Kier molecular flexibility index (Phi) is 3.79. The highest BCUT2D eigenvalue weighted by Gasteiger charge is 2.25. The quantitative estimate of drug-likeness (QED) is 0.924. The van der Waals surface area contributed by atoms with Crippen LogP contribution in [0.4, 0.5) is 4.39 Å². The summed E-state index contributed by atoms with van der Waals surface area (Å²) >= 11 is 0. The monoisotopic (exact) mass is 270 g/mol. The fraction of sp³-hybridized carbons (Fsp3) is 0.353. The molecule has 1 aromatic heterocycles. The van der Waals surface area contributed by atoms with E-state index in [2.05, 4.69) is 16.4 Å². The number of rotatable bonds is 3. The summed E-state index contributed by atoms with van der Waals surface area (Å²) in [5.41, 5.74) is 4.23. The average Bonchev–Trinajstić information content (AvgIpc) is 2.49. The molecule has 3 rings (SSSR count). The molecule has 0 aliphatic heterocycles. The fourth-order valence-corrected chi connectivity index (χ4v) is 3.09. The summed E-state index contributed by atoms with van der Waals surface area (Å²) in [6.07, 6.45) is 4.94. The first-order valence-electron chi connectivity index (χ1n) is 7.16. The highest BCUT2D eigenvalue weighted by molar-refractivity contribution is 5.38. The zero-order valence-corrected chi connectivity index (χ0v) is 11.7. The number of hydrogen-bond donors (Lipinski definition) is 1. The minimum Gasteiger partial charge on any atom is -0.316 e. The third-order valence-electron chi connectivity index (χ3n) is 4.01. The Morgan fingerprint density at radius 3 is 3.10 bits per heavy atom. The molecule has 20 heavy (non-hydrogen) atoms. The van der Waals surface area contributed by atoms with Gasteiger partial charge in [-0.05, 0) is 55.1 Å². The number of aryl methyl sites for hydroxylation is 1. The molecule has 1 aromatic carbocycles. The van der Waals surface area contributed by atoms with Crippen LogP contribution in [-0.4, -0.2) is 12.0 Å². The van der Waals surface area contributed by atoms with E-state index < -0.39 is 0 Å². The predicted octanol–water partition coefficient (Wildman–Crippen LogP) is 3.41. The zero-order chi connectivity index (χ0) is 13.9. The number of halogens is 1. The molecule has 1 heterocycles. The second-order valence-corrected chi connectivity index (χ2v) is 5.38. The van der Waals surface area contributed by atoms with Gasteiger partial charge in [-0.3, -0.25) is 4.98 Å². The smallest absolute Gasteiger partial charge is 0.127 e. The molecule has 0 spiro atoms. The first kappa shape index (κ1) is 13.3. The van der Waals surface area contributed by atoms with Crippen molar-refractivity contribution in [3.63, 3.8) is 0 Å². The van der Waals surface area contributed by atoms with Gasteiger partial charge in [-0.1, -0.05) is 18.2 Å². The minimum absolute atomic E-state index is 0.0942. The van der Waals surface area contributed by atoms with E-state index in [9.17, 15) is 4.39 Å². The van der Waals surface area contributed by atoms with Gasteiger partial charge >= 0.3 is 0 Å². The number of nitrogens with one attached hydrogen (secondary N) is 1. The van der Waals surface area contributed by atoms with E-state index in [1.165, 1.54) is 5.56 Å². The van der Waals surface area contributed by atoms with E-state index >= 15 is 0 Å². The second kappa shape index (κ2) is 5.71. The van der Waals surface area contributed by atoms with Crippen LogP contribution in [0.1, 0.15) is 41.1 Å². The highest BCUT2D eigenvalue weighted by Crippen LogP contribution is 2.36. The lowest BCUT2D eigenvalue weighted by atomic mass is 9.81. The standard InChI is InChI=1S/C17H19FN2/c1-19-11-12-7-8-16(18)15(10-12)14-6-2-4-13-5-3-9-20-17(13)14/h3,5,7-10,14,19H,2,4,6,11H2,1H3. The van der Waals surface area contributed by atoms with Crippen LogP contribution in [0.15, 0.2) is 36.5 Å². The third kappa shape index (κ3) is 2.46. The van der Waals surface area contributed by atoms with E-state index in [0.717, 1.165) is 42.6 Å².